The molecule has 1 unspecified atom stereocenters. The first-order chi connectivity index (χ1) is 7.60. The van der Waals surface area contributed by atoms with Crippen molar-refractivity contribution in [3.05, 3.63) is 34.0 Å². The Kier molecular flexibility index (Phi) is 3.44. The van der Waals surface area contributed by atoms with Crippen molar-refractivity contribution < 1.29 is 4.79 Å². The molecule has 1 fully saturated rings. The number of halogens is 2. The lowest BCUT2D eigenvalue weighted by atomic mass is 10.1. The highest BCUT2D eigenvalue weighted by atomic mass is 79.9. The number of aromatic nitrogens is 1. The molecule has 1 aliphatic heterocycles. The summed E-state index contributed by atoms with van der Waals surface area (Å²) < 4.78 is 1.43. The summed E-state index contributed by atoms with van der Waals surface area (Å²) in [5.74, 6) is 0.383. The Morgan fingerprint density at radius 3 is 2.56 bits per heavy atom. The van der Waals surface area contributed by atoms with E-state index in [0.29, 0.717) is 22.2 Å². The van der Waals surface area contributed by atoms with Gasteiger partial charge in [0.15, 0.2) is 0 Å². The van der Waals surface area contributed by atoms with Crippen molar-refractivity contribution in [2.45, 2.75) is 6.42 Å². The normalized spacial score (nSPS) is 20.2. The van der Waals surface area contributed by atoms with Crippen LogP contribution in [0.5, 0.6) is 0 Å². The predicted molar refractivity (Wildman–Crippen MR) is 70.3 cm³/mol. The van der Waals surface area contributed by atoms with Crippen molar-refractivity contribution in [2.24, 2.45) is 5.92 Å². The molecule has 0 radical (unpaired) electrons. The van der Waals surface area contributed by atoms with Gasteiger partial charge in [-0.25, -0.2) is 4.98 Å². The summed E-state index contributed by atoms with van der Waals surface area (Å²) in [7, 11) is 0. The van der Waals surface area contributed by atoms with Gasteiger partial charge in [-0.05, 0) is 44.0 Å². The molecule has 5 heteroatoms. The first-order valence-electron chi connectivity index (χ1n) is 4.86. The van der Waals surface area contributed by atoms with Crippen LogP contribution in [0.4, 0.5) is 5.69 Å². The van der Waals surface area contributed by atoms with Crippen LogP contribution in [0.25, 0.3) is 0 Å². The van der Waals surface area contributed by atoms with Crippen molar-refractivity contribution >= 4 is 43.5 Å². The molecule has 0 saturated carbocycles. The molecule has 0 bridgehead atoms. The van der Waals surface area contributed by atoms with E-state index in [9.17, 15) is 4.79 Å². The van der Waals surface area contributed by atoms with Crippen molar-refractivity contribution in [2.75, 3.05) is 11.4 Å². The fourth-order valence-corrected chi connectivity index (χ4v) is 2.84. The third-order valence-corrected chi connectivity index (χ3v) is 3.36. The van der Waals surface area contributed by atoms with E-state index in [4.69, 9.17) is 0 Å². The molecule has 84 valence electrons. The van der Waals surface area contributed by atoms with Crippen LogP contribution in [0.1, 0.15) is 6.42 Å². The molecule has 0 aromatic carbocycles. The van der Waals surface area contributed by atoms with Crippen molar-refractivity contribution in [3.8, 4) is 0 Å². The van der Waals surface area contributed by atoms with Gasteiger partial charge in [-0.1, -0.05) is 6.08 Å². The zero-order valence-electron chi connectivity index (χ0n) is 8.49. The molecule has 1 amide bonds. The van der Waals surface area contributed by atoms with Crippen LogP contribution in [0.3, 0.4) is 0 Å². The maximum atomic E-state index is 11.8. The van der Waals surface area contributed by atoms with E-state index in [2.05, 4.69) is 43.4 Å². The number of carbonyl (C=O) groups is 1. The fraction of sp³-hybridized carbons (Fsp3) is 0.273. The van der Waals surface area contributed by atoms with Crippen LogP contribution in [-0.2, 0) is 4.79 Å². The Morgan fingerprint density at radius 1 is 1.44 bits per heavy atom. The van der Waals surface area contributed by atoms with Gasteiger partial charge in [0, 0.05) is 24.6 Å². The highest BCUT2D eigenvalue weighted by molar-refractivity contribution is 9.11. The number of rotatable bonds is 2. The van der Waals surface area contributed by atoms with E-state index < -0.39 is 0 Å². The Labute approximate surface area is 111 Å². The lowest BCUT2D eigenvalue weighted by Gasteiger charge is -2.16. The van der Waals surface area contributed by atoms with Crippen molar-refractivity contribution in [1.29, 1.82) is 0 Å². The highest BCUT2D eigenvalue weighted by Crippen LogP contribution is 2.29. The maximum absolute atomic E-state index is 11.8. The number of carbonyl (C=O) groups excluding carboxylic acids is 1. The van der Waals surface area contributed by atoms with Gasteiger partial charge in [0.05, 0.1) is 0 Å². The summed E-state index contributed by atoms with van der Waals surface area (Å²) >= 11 is 6.63. The molecule has 1 aromatic rings. The monoisotopic (exact) mass is 344 g/mol. The molecule has 16 heavy (non-hydrogen) atoms. The zero-order valence-corrected chi connectivity index (χ0v) is 11.7. The number of nitrogens with zero attached hydrogens (tertiary/aromatic N) is 2. The number of hydrogen-bond acceptors (Lipinski definition) is 2. The second-order valence-corrected chi connectivity index (χ2v) is 5.30. The quantitative estimate of drug-likeness (QED) is 0.609. The second-order valence-electron chi connectivity index (χ2n) is 3.68. The second kappa shape index (κ2) is 4.67. The lowest BCUT2D eigenvalue weighted by Crippen LogP contribution is -2.24. The van der Waals surface area contributed by atoms with Gasteiger partial charge in [-0.3, -0.25) is 4.79 Å². The van der Waals surface area contributed by atoms with Gasteiger partial charge in [-0.2, -0.15) is 0 Å². The number of hydrogen-bond donors (Lipinski definition) is 0. The van der Waals surface area contributed by atoms with E-state index in [-0.39, 0.29) is 11.8 Å². The third kappa shape index (κ3) is 2.35. The minimum absolute atomic E-state index is 0.134. The van der Waals surface area contributed by atoms with E-state index in [1.807, 2.05) is 18.2 Å². The van der Waals surface area contributed by atoms with Gasteiger partial charge >= 0.3 is 0 Å². The summed E-state index contributed by atoms with van der Waals surface area (Å²) in [6.07, 6.45) is 2.38. The predicted octanol–water partition coefficient (Wildman–Crippen LogP) is 3.15. The molecule has 3 nitrogen and oxygen atoms in total. The van der Waals surface area contributed by atoms with E-state index >= 15 is 0 Å². The van der Waals surface area contributed by atoms with Crippen molar-refractivity contribution in [3.63, 3.8) is 0 Å². The molecule has 0 spiro atoms. The van der Waals surface area contributed by atoms with Gasteiger partial charge in [-0.15, -0.1) is 6.58 Å². The Hall–Kier alpha value is -0.680. The molecule has 2 rings (SSSR count). The molecule has 1 atom stereocenters. The molecule has 1 saturated heterocycles. The molecule has 0 aliphatic carbocycles. The van der Waals surface area contributed by atoms with E-state index in [1.165, 1.54) is 0 Å². The van der Waals surface area contributed by atoms with E-state index in [0.717, 1.165) is 5.69 Å². The van der Waals surface area contributed by atoms with Crippen LogP contribution < -0.4 is 4.90 Å². The van der Waals surface area contributed by atoms with Crippen LogP contribution in [-0.4, -0.2) is 17.4 Å². The smallest absolute Gasteiger partial charge is 0.227 e. The standard InChI is InChI=1S/C11H10Br2N2O/c1-2-7-3-11(16)15(6-7)8-4-9(12)14-10(13)5-8/h2,4-5,7H,1,3,6H2. The van der Waals surface area contributed by atoms with E-state index in [1.54, 1.807) is 4.90 Å². The number of anilines is 1. The topological polar surface area (TPSA) is 33.2 Å². The maximum Gasteiger partial charge on any atom is 0.227 e. The summed E-state index contributed by atoms with van der Waals surface area (Å²) in [5.41, 5.74) is 0.864. The summed E-state index contributed by atoms with van der Waals surface area (Å²) in [5, 5.41) is 0. The van der Waals surface area contributed by atoms with Crippen LogP contribution in [0.15, 0.2) is 34.0 Å². The van der Waals surface area contributed by atoms with Gasteiger partial charge in [0.1, 0.15) is 9.21 Å². The molecule has 2 heterocycles. The van der Waals surface area contributed by atoms with Gasteiger partial charge in [0.2, 0.25) is 5.91 Å². The van der Waals surface area contributed by atoms with Crippen LogP contribution in [0, 0.1) is 5.92 Å². The molecular formula is C11H10Br2N2O. The highest BCUT2D eigenvalue weighted by Gasteiger charge is 2.28. The van der Waals surface area contributed by atoms with Crippen molar-refractivity contribution in [1.82, 2.24) is 4.98 Å². The van der Waals surface area contributed by atoms with Gasteiger partial charge in [0.25, 0.3) is 0 Å². The minimum Gasteiger partial charge on any atom is -0.312 e. The Bertz CT molecular complexity index is 427. The molecule has 0 N–H and O–H groups in total. The largest absolute Gasteiger partial charge is 0.312 e. The Balaban J connectivity index is 2.30. The first-order valence-corrected chi connectivity index (χ1v) is 6.45. The number of pyridine rings is 1. The molecule has 1 aromatic heterocycles. The SMILES string of the molecule is C=CC1CC(=O)N(c2cc(Br)nc(Br)c2)C1. The molecule has 1 aliphatic rings. The third-order valence-electron chi connectivity index (χ3n) is 2.55. The summed E-state index contributed by atoms with van der Waals surface area (Å²) in [6.45, 7) is 4.43. The average molecular weight is 346 g/mol. The number of amides is 1. The fourth-order valence-electron chi connectivity index (χ4n) is 1.75. The van der Waals surface area contributed by atoms with Crippen LogP contribution >= 0.6 is 31.9 Å². The first kappa shape index (κ1) is 11.8. The zero-order chi connectivity index (χ0) is 11.7. The van der Waals surface area contributed by atoms with Gasteiger partial charge < -0.3 is 4.90 Å². The minimum atomic E-state index is 0.134. The summed E-state index contributed by atoms with van der Waals surface area (Å²) in [4.78, 5) is 17.7. The van der Waals surface area contributed by atoms with Crippen LogP contribution in [0.2, 0.25) is 0 Å². The lowest BCUT2D eigenvalue weighted by molar-refractivity contribution is -0.117. The average Bonchev–Trinajstić information content (AvgIpc) is 2.58. The summed E-state index contributed by atoms with van der Waals surface area (Å²) in [6, 6.07) is 3.68. The Morgan fingerprint density at radius 2 is 2.06 bits per heavy atom. The molecular weight excluding hydrogens is 336 g/mol.